The lowest BCUT2D eigenvalue weighted by Crippen LogP contribution is -2.43. The molecule has 0 radical (unpaired) electrons. The van der Waals surface area contributed by atoms with Gasteiger partial charge in [0.1, 0.15) is 0 Å². The summed E-state index contributed by atoms with van der Waals surface area (Å²) in [5.41, 5.74) is 0.654. The summed E-state index contributed by atoms with van der Waals surface area (Å²) < 4.78 is 0. The number of rotatable bonds is 3. The molecule has 1 aliphatic carbocycles. The van der Waals surface area contributed by atoms with Crippen molar-refractivity contribution in [3.63, 3.8) is 0 Å². The third-order valence-corrected chi connectivity index (χ3v) is 5.71. The molecule has 0 N–H and O–H groups in total. The summed E-state index contributed by atoms with van der Waals surface area (Å²) in [5, 5.41) is 2.85. The topological polar surface area (TPSA) is 3.24 Å². The highest BCUT2D eigenvalue weighted by Crippen LogP contribution is 2.48. The largest absolute Gasteiger partial charge is 0.301 e. The zero-order valence-corrected chi connectivity index (χ0v) is 11.5. The van der Waals surface area contributed by atoms with Crippen LogP contribution in [0.3, 0.4) is 0 Å². The summed E-state index contributed by atoms with van der Waals surface area (Å²) >= 11 is 5.80. The molecule has 2 atom stereocenters. The zero-order valence-electron chi connectivity index (χ0n) is 9.13. The fraction of sp³-hybridized carbons (Fsp3) is 1.00. The molecule has 0 amide bonds. The Morgan fingerprint density at radius 3 is 2.29 bits per heavy atom. The van der Waals surface area contributed by atoms with Crippen LogP contribution in [0, 0.1) is 5.41 Å². The Hall–Kier alpha value is 0.790. The van der Waals surface area contributed by atoms with Gasteiger partial charge in [-0.1, -0.05) is 29.8 Å². The van der Waals surface area contributed by atoms with Crippen molar-refractivity contribution in [3.8, 4) is 0 Å². The minimum atomic E-state index is 0.654. The minimum Gasteiger partial charge on any atom is -0.301 e. The maximum absolute atomic E-state index is 3.66. The summed E-state index contributed by atoms with van der Waals surface area (Å²) in [6, 6.07) is 0. The number of alkyl halides is 1. The highest BCUT2D eigenvalue weighted by Gasteiger charge is 2.43. The van der Waals surface area contributed by atoms with Crippen molar-refractivity contribution >= 4 is 27.7 Å². The van der Waals surface area contributed by atoms with Crippen LogP contribution in [-0.2, 0) is 0 Å². The molecule has 14 heavy (non-hydrogen) atoms. The maximum Gasteiger partial charge on any atom is 0.0149 e. The predicted molar refractivity (Wildman–Crippen MR) is 68.4 cm³/mol. The molecule has 2 aliphatic rings. The van der Waals surface area contributed by atoms with Gasteiger partial charge in [-0.15, -0.1) is 0 Å². The second-order valence-corrected chi connectivity index (χ2v) is 7.53. The van der Waals surface area contributed by atoms with Crippen molar-refractivity contribution in [1.29, 1.82) is 0 Å². The van der Waals surface area contributed by atoms with Crippen LogP contribution in [0.1, 0.15) is 26.7 Å². The monoisotopic (exact) mass is 277 g/mol. The molecule has 2 fully saturated rings. The lowest BCUT2D eigenvalue weighted by molar-refractivity contribution is 0.228. The van der Waals surface area contributed by atoms with E-state index in [1.807, 2.05) is 0 Å². The Morgan fingerprint density at radius 1 is 1.29 bits per heavy atom. The minimum absolute atomic E-state index is 0.654. The quantitative estimate of drug-likeness (QED) is 0.730. The SMILES string of the molecule is CC1CN(CC2(CBr)CC2)CC(C)S1. The molecule has 1 heterocycles. The van der Waals surface area contributed by atoms with Gasteiger partial charge >= 0.3 is 0 Å². The lowest BCUT2D eigenvalue weighted by atomic mass is 10.1. The van der Waals surface area contributed by atoms with Gasteiger partial charge in [0.15, 0.2) is 0 Å². The lowest BCUT2D eigenvalue weighted by Gasteiger charge is -2.36. The van der Waals surface area contributed by atoms with Crippen LogP contribution >= 0.6 is 27.7 Å². The van der Waals surface area contributed by atoms with Crippen molar-refractivity contribution in [1.82, 2.24) is 4.90 Å². The van der Waals surface area contributed by atoms with Gasteiger partial charge in [-0.25, -0.2) is 0 Å². The molecule has 1 saturated heterocycles. The van der Waals surface area contributed by atoms with Crippen molar-refractivity contribution < 1.29 is 0 Å². The first-order valence-corrected chi connectivity index (χ1v) is 7.64. The smallest absolute Gasteiger partial charge is 0.0149 e. The molecule has 82 valence electrons. The summed E-state index contributed by atoms with van der Waals surface area (Å²) in [4.78, 5) is 2.68. The Labute approximate surface area is 100 Å². The highest BCUT2D eigenvalue weighted by atomic mass is 79.9. The Morgan fingerprint density at radius 2 is 1.86 bits per heavy atom. The van der Waals surface area contributed by atoms with Crippen molar-refractivity contribution in [2.45, 2.75) is 37.2 Å². The number of thioether (sulfide) groups is 1. The van der Waals surface area contributed by atoms with Gasteiger partial charge in [0.05, 0.1) is 0 Å². The summed E-state index contributed by atoms with van der Waals surface area (Å²) in [6.45, 7) is 8.64. The molecule has 1 nitrogen and oxygen atoms in total. The number of nitrogens with zero attached hydrogens (tertiary/aromatic N) is 1. The fourth-order valence-electron chi connectivity index (χ4n) is 2.40. The molecule has 0 aromatic heterocycles. The van der Waals surface area contributed by atoms with Crippen LogP contribution in [0.2, 0.25) is 0 Å². The predicted octanol–water partition coefficient (Wildman–Crippen LogP) is 2.99. The molecular weight excluding hydrogens is 258 g/mol. The van der Waals surface area contributed by atoms with Crippen LogP contribution in [0.5, 0.6) is 0 Å². The van der Waals surface area contributed by atoms with Crippen molar-refractivity contribution in [3.05, 3.63) is 0 Å². The van der Waals surface area contributed by atoms with Gasteiger partial charge in [-0.05, 0) is 18.3 Å². The second-order valence-electron chi connectivity index (χ2n) is 5.09. The van der Waals surface area contributed by atoms with E-state index in [9.17, 15) is 0 Å². The standard InChI is InChI=1S/C11H20BrNS/c1-9-5-13(6-10(2)14-9)8-11(7-12)3-4-11/h9-10H,3-8H2,1-2H3. The van der Waals surface area contributed by atoms with E-state index < -0.39 is 0 Å². The van der Waals surface area contributed by atoms with Crippen molar-refractivity contribution in [2.75, 3.05) is 25.0 Å². The van der Waals surface area contributed by atoms with E-state index >= 15 is 0 Å². The van der Waals surface area contributed by atoms with E-state index in [2.05, 4.69) is 46.4 Å². The fourth-order valence-corrected chi connectivity index (χ4v) is 4.52. The first-order chi connectivity index (χ1) is 6.63. The molecule has 2 unspecified atom stereocenters. The summed E-state index contributed by atoms with van der Waals surface area (Å²) in [6.07, 6.45) is 2.87. The van der Waals surface area contributed by atoms with Gasteiger partial charge in [0.2, 0.25) is 0 Å². The zero-order chi connectivity index (χ0) is 10.2. The number of hydrogen-bond acceptors (Lipinski definition) is 2. The normalized spacial score (nSPS) is 37.1. The van der Waals surface area contributed by atoms with E-state index in [1.54, 1.807) is 0 Å². The Kier molecular flexibility index (Phi) is 3.50. The Balaban J connectivity index is 1.85. The molecule has 2 rings (SSSR count). The van der Waals surface area contributed by atoms with Gasteiger partial charge in [0, 0.05) is 35.5 Å². The molecule has 0 spiro atoms. The Bertz CT molecular complexity index is 195. The third-order valence-electron chi connectivity index (χ3n) is 3.29. The molecule has 0 aromatic carbocycles. The number of hydrogen-bond donors (Lipinski definition) is 0. The van der Waals surface area contributed by atoms with Crippen LogP contribution < -0.4 is 0 Å². The first-order valence-electron chi connectivity index (χ1n) is 5.57. The molecule has 3 heteroatoms. The van der Waals surface area contributed by atoms with Gasteiger partial charge < -0.3 is 4.90 Å². The van der Waals surface area contributed by atoms with Gasteiger partial charge in [-0.2, -0.15) is 11.8 Å². The van der Waals surface area contributed by atoms with Crippen LogP contribution in [0.25, 0.3) is 0 Å². The molecule has 0 bridgehead atoms. The molecule has 1 aliphatic heterocycles. The van der Waals surface area contributed by atoms with E-state index in [-0.39, 0.29) is 0 Å². The van der Waals surface area contributed by atoms with Crippen molar-refractivity contribution in [2.24, 2.45) is 5.41 Å². The van der Waals surface area contributed by atoms with E-state index in [4.69, 9.17) is 0 Å². The summed E-state index contributed by atoms with van der Waals surface area (Å²) in [5.74, 6) is 0. The maximum atomic E-state index is 3.66. The van der Waals surface area contributed by atoms with Gasteiger partial charge in [-0.3, -0.25) is 0 Å². The number of halogens is 1. The average Bonchev–Trinajstić information content (AvgIpc) is 2.83. The van der Waals surface area contributed by atoms with E-state index in [0.29, 0.717) is 5.41 Å². The second kappa shape index (κ2) is 4.34. The molecule has 0 aromatic rings. The molecular formula is C11H20BrNS. The van der Waals surface area contributed by atoms with E-state index in [1.165, 1.54) is 37.8 Å². The highest BCUT2D eigenvalue weighted by molar-refractivity contribution is 9.09. The van der Waals surface area contributed by atoms with Crippen LogP contribution in [0.15, 0.2) is 0 Å². The summed E-state index contributed by atoms with van der Waals surface area (Å²) in [7, 11) is 0. The van der Waals surface area contributed by atoms with Crippen LogP contribution in [-0.4, -0.2) is 40.4 Å². The van der Waals surface area contributed by atoms with Crippen LogP contribution in [0.4, 0.5) is 0 Å². The van der Waals surface area contributed by atoms with Gasteiger partial charge in [0.25, 0.3) is 0 Å². The third kappa shape index (κ3) is 2.67. The van der Waals surface area contributed by atoms with E-state index in [0.717, 1.165) is 10.5 Å². The molecule has 1 saturated carbocycles. The first kappa shape index (κ1) is 11.3. The average molecular weight is 278 g/mol.